The van der Waals surface area contributed by atoms with Crippen LogP contribution >= 0.6 is 0 Å². The number of rotatable bonds is 7. The van der Waals surface area contributed by atoms with E-state index in [0.29, 0.717) is 23.3 Å². The van der Waals surface area contributed by atoms with Crippen molar-refractivity contribution >= 4 is 16.7 Å². The minimum atomic E-state index is -1.09. The van der Waals surface area contributed by atoms with Crippen molar-refractivity contribution in [2.24, 2.45) is 0 Å². The summed E-state index contributed by atoms with van der Waals surface area (Å²) in [5, 5.41) is 0.428. The molecule has 1 aliphatic rings. The number of aromatic nitrogens is 1. The highest BCUT2D eigenvalue weighted by molar-refractivity contribution is 5.86. The predicted octanol–water partition coefficient (Wildman–Crippen LogP) is 4.12. The third-order valence-electron chi connectivity index (χ3n) is 6.63. The summed E-state index contributed by atoms with van der Waals surface area (Å²) in [6.07, 6.45) is 0. The molecule has 9 heteroatoms. The smallest absolute Gasteiger partial charge is 0.302 e. The lowest BCUT2D eigenvalue weighted by molar-refractivity contribution is -0.141. The molecule has 0 saturated carbocycles. The van der Waals surface area contributed by atoms with E-state index in [1.807, 2.05) is 38.2 Å². The predicted molar refractivity (Wildman–Crippen MR) is 126 cm³/mol. The molecule has 0 saturated heterocycles. The van der Waals surface area contributed by atoms with Gasteiger partial charge < -0.3 is 18.8 Å². The molecule has 0 spiro atoms. The topological polar surface area (TPSA) is 70.0 Å². The second-order valence-electron chi connectivity index (χ2n) is 8.61. The van der Waals surface area contributed by atoms with Crippen LogP contribution in [0.5, 0.6) is 5.75 Å². The zero-order chi connectivity index (χ0) is 25.3. The van der Waals surface area contributed by atoms with Gasteiger partial charge in [-0.25, -0.2) is 8.78 Å². The Morgan fingerprint density at radius 2 is 1.86 bits per heavy atom. The number of fused-ring (bicyclic) bond motifs is 3. The Morgan fingerprint density at radius 3 is 2.49 bits per heavy atom. The van der Waals surface area contributed by atoms with Crippen LogP contribution in [0.25, 0.3) is 10.8 Å². The molecule has 2 atom stereocenters. The minimum Gasteiger partial charge on any atom is -0.497 e. The van der Waals surface area contributed by atoms with Crippen molar-refractivity contribution in [3.05, 3.63) is 75.2 Å². The first kappa shape index (κ1) is 24.8. The lowest BCUT2D eigenvalue weighted by atomic mass is 9.93. The zero-order valence-corrected chi connectivity index (χ0v) is 20.1. The van der Waals surface area contributed by atoms with Gasteiger partial charge in [0.15, 0.2) is 11.6 Å². The molecule has 186 valence electrons. The highest BCUT2D eigenvalue weighted by Crippen LogP contribution is 2.38. The van der Waals surface area contributed by atoms with Gasteiger partial charge in [0.25, 0.3) is 5.56 Å². The molecular formula is C26H28F2N2O5. The van der Waals surface area contributed by atoms with Crippen molar-refractivity contribution in [2.45, 2.75) is 39.1 Å². The first-order valence-electron chi connectivity index (χ1n) is 11.3. The van der Waals surface area contributed by atoms with Crippen LogP contribution in [-0.4, -0.2) is 42.8 Å². The molecule has 0 fully saturated rings. The lowest BCUT2D eigenvalue weighted by Gasteiger charge is -2.38. The molecule has 0 aliphatic carbocycles. The number of hydrogen-bond donors (Lipinski definition) is 0. The van der Waals surface area contributed by atoms with E-state index in [-0.39, 0.29) is 37.2 Å². The highest BCUT2D eigenvalue weighted by atomic mass is 19.2. The summed E-state index contributed by atoms with van der Waals surface area (Å²) in [4.78, 5) is 26.6. The molecule has 4 rings (SSSR count). The summed E-state index contributed by atoms with van der Waals surface area (Å²) in [5.74, 6) is -1.84. The molecule has 35 heavy (non-hydrogen) atoms. The molecule has 0 bridgehead atoms. The molecule has 0 amide bonds. The van der Waals surface area contributed by atoms with Crippen molar-refractivity contribution < 1.29 is 27.8 Å². The maximum absolute atomic E-state index is 14.4. The first-order valence-corrected chi connectivity index (χ1v) is 11.3. The first-order chi connectivity index (χ1) is 16.7. The molecule has 3 aromatic rings. The van der Waals surface area contributed by atoms with E-state index in [0.717, 1.165) is 23.4 Å². The quantitative estimate of drug-likeness (QED) is 0.468. The van der Waals surface area contributed by atoms with Gasteiger partial charge in [0.05, 0.1) is 44.0 Å². The number of nitrogens with zero attached hydrogens (tertiary/aromatic N) is 2. The van der Waals surface area contributed by atoms with Crippen LogP contribution < -0.4 is 10.3 Å². The highest BCUT2D eigenvalue weighted by Gasteiger charge is 2.33. The van der Waals surface area contributed by atoms with Crippen molar-refractivity contribution in [1.29, 1.82) is 0 Å². The van der Waals surface area contributed by atoms with Crippen LogP contribution in [0.15, 0.2) is 41.2 Å². The van der Waals surface area contributed by atoms with Crippen LogP contribution in [-0.2, 0) is 27.4 Å². The summed E-state index contributed by atoms with van der Waals surface area (Å²) < 4.78 is 46.2. The van der Waals surface area contributed by atoms with Crippen LogP contribution in [0.3, 0.4) is 0 Å². The van der Waals surface area contributed by atoms with Gasteiger partial charge in [-0.2, -0.15) is 0 Å². The molecule has 7 nitrogen and oxygen atoms in total. The normalized spacial score (nSPS) is 16.3. The second kappa shape index (κ2) is 10.1. The van der Waals surface area contributed by atoms with Crippen LogP contribution in [0.2, 0.25) is 0 Å². The van der Waals surface area contributed by atoms with Crippen LogP contribution in [0, 0.1) is 11.6 Å². The number of likely N-dealkylation sites (N-methyl/N-ethyl adjacent to an activating group) is 1. The van der Waals surface area contributed by atoms with Crippen molar-refractivity contribution in [2.75, 3.05) is 27.4 Å². The van der Waals surface area contributed by atoms with E-state index in [4.69, 9.17) is 14.2 Å². The number of carbonyl (C=O) groups is 1. The molecule has 2 aromatic carbocycles. The number of ether oxygens (including phenoxy) is 3. The van der Waals surface area contributed by atoms with Crippen LogP contribution in [0.1, 0.15) is 42.8 Å². The average molecular weight is 487 g/mol. The Labute approximate surface area is 201 Å². The van der Waals surface area contributed by atoms with Crippen molar-refractivity contribution in [3.63, 3.8) is 0 Å². The van der Waals surface area contributed by atoms with Crippen molar-refractivity contribution in [1.82, 2.24) is 9.47 Å². The minimum absolute atomic E-state index is 0.0282. The van der Waals surface area contributed by atoms with Gasteiger partial charge in [0.2, 0.25) is 0 Å². The number of carbonyl (C=O) groups excluding carboxylic acids is 1. The standard InChI is InChI=1S/C26H28F2N2O5/c1-15(17-5-7-18(33-4)8-6-17)29(3)23-13-34-14-24-25(23)19-11-21(27)22(28)12-20(19)26(32)30(24)9-10-35-16(2)31/h5-8,11-12,15,23H,9-10,13-14H2,1-4H3/t15-,23?/m1/s1. The summed E-state index contributed by atoms with van der Waals surface area (Å²) >= 11 is 0. The Hall–Kier alpha value is -3.30. The number of pyridine rings is 1. The Balaban J connectivity index is 1.84. The number of halogens is 2. The van der Waals surface area contributed by atoms with Gasteiger partial charge in [0, 0.05) is 18.5 Å². The van der Waals surface area contributed by atoms with Gasteiger partial charge in [0.1, 0.15) is 12.4 Å². The van der Waals surface area contributed by atoms with Crippen LogP contribution in [0.4, 0.5) is 8.78 Å². The summed E-state index contributed by atoms with van der Waals surface area (Å²) in [5.41, 5.74) is 1.81. The van der Waals surface area contributed by atoms with E-state index >= 15 is 0 Å². The summed E-state index contributed by atoms with van der Waals surface area (Å²) in [7, 11) is 3.53. The van der Waals surface area contributed by atoms with E-state index < -0.39 is 23.2 Å². The van der Waals surface area contributed by atoms with E-state index in [1.165, 1.54) is 11.5 Å². The molecule has 0 N–H and O–H groups in total. The van der Waals surface area contributed by atoms with E-state index in [9.17, 15) is 18.4 Å². The van der Waals surface area contributed by atoms with Crippen molar-refractivity contribution in [3.8, 4) is 5.75 Å². The number of esters is 1. The molecule has 1 unspecified atom stereocenters. The summed E-state index contributed by atoms with van der Waals surface area (Å²) in [6.45, 7) is 3.80. The number of benzene rings is 2. The fourth-order valence-corrected chi connectivity index (χ4v) is 4.62. The lowest BCUT2D eigenvalue weighted by Crippen LogP contribution is -2.38. The Bertz CT molecular complexity index is 1310. The van der Waals surface area contributed by atoms with E-state index in [1.54, 1.807) is 7.11 Å². The third-order valence-corrected chi connectivity index (χ3v) is 6.63. The molecule has 2 heterocycles. The SMILES string of the molecule is COc1ccc([C@@H](C)N(C)C2COCc3c2c2cc(F)c(F)cc2c(=O)n3CCOC(C)=O)cc1. The average Bonchev–Trinajstić information content (AvgIpc) is 2.85. The molecule has 1 aromatic heterocycles. The summed E-state index contributed by atoms with van der Waals surface area (Å²) in [6, 6.07) is 9.32. The Morgan fingerprint density at radius 1 is 1.20 bits per heavy atom. The monoisotopic (exact) mass is 486 g/mol. The Kier molecular flexibility index (Phi) is 7.18. The van der Waals surface area contributed by atoms with Gasteiger partial charge in [-0.1, -0.05) is 12.1 Å². The van der Waals surface area contributed by atoms with Gasteiger partial charge in [-0.05, 0) is 49.2 Å². The third kappa shape index (κ3) is 4.78. The molecule has 0 radical (unpaired) electrons. The molecular weight excluding hydrogens is 458 g/mol. The van der Waals surface area contributed by atoms with Gasteiger partial charge in [-0.15, -0.1) is 0 Å². The zero-order valence-electron chi connectivity index (χ0n) is 20.1. The molecule has 1 aliphatic heterocycles. The fraction of sp³-hybridized carbons (Fsp3) is 0.385. The second-order valence-corrected chi connectivity index (χ2v) is 8.61. The number of methoxy groups -OCH3 is 1. The van der Waals surface area contributed by atoms with Gasteiger partial charge in [-0.3, -0.25) is 14.5 Å². The van der Waals surface area contributed by atoms with E-state index in [2.05, 4.69) is 4.90 Å². The number of hydrogen-bond acceptors (Lipinski definition) is 6. The van der Waals surface area contributed by atoms with Gasteiger partial charge >= 0.3 is 5.97 Å². The maximum atomic E-state index is 14.4. The maximum Gasteiger partial charge on any atom is 0.302 e. The fourth-order valence-electron chi connectivity index (χ4n) is 4.62. The largest absolute Gasteiger partial charge is 0.497 e.